The van der Waals surface area contributed by atoms with Crippen molar-refractivity contribution in [3.8, 4) is 0 Å². The average molecular weight is 414 g/mol. The Balaban J connectivity index is 1.89. The van der Waals surface area contributed by atoms with Crippen molar-refractivity contribution < 1.29 is 14.0 Å². The van der Waals surface area contributed by atoms with E-state index in [1.807, 2.05) is 24.3 Å². The lowest BCUT2D eigenvalue weighted by atomic mass is 9.77. The number of amides is 1. The fourth-order valence-electron chi connectivity index (χ4n) is 3.93. The molecule has 0 saturated carbocycles. The fraction of sp³-hybridized carbons (Fsp3) is 0.238. The molecule has 3 nitrogen and oxygen atoms in total. The second-order valence-electron chi connectivity index (χ2n) is 6.62. The van der Waals surface area contributed by atoms with Gasteiger partial charge in [-0.25, -0.2) is 4.39 Å². The number of hydrogen-bond acceptors (Lipinski definition) is 2. The number of carbonyl (C=O) groups excluding carboxylic acids is 2. The molecule has 0 bridgehead atoms. The zero-order chi connectivity index (χ0) is 18.3. The van der Waals surface area contributed by atoms with Crippen molar-refractivity contribution >= 4 is 33.3 Å². The van der Waals surface area contributed by atoms with Crippen molar-refractivity contribution in [3.05, 3.63) is 75.7 Å². The van der Waals surface area contributed by atoms with Crippen LogP contribution in [-0.2, 0) is 9.59 Å². The highest BCUT2D eigenvalue weighted by atomic mass is 79.9. The Morgan fingerprint density at radius 2 is 1.85 bits per heavy atom. The molecule has 0 spiro atoms. The van der Waals surface area contributed by atoms with Gasteiger partial charge in [0.15, 0.2) is 5.78 Å². The molecule has 0 saturated heterocycles. The Morgan fingerprint density at radius 1 is 1.04 bits per heavy atom. The van der Waals surface area contributed by atoms with Crippen LogP contribution in [0.5, 0.6) is 0 Å². The van der Waals surface area contributed by atoms with E-state index in [2.05, 4.69) is 15.9 Å². The summed E-state index contributed by atoms with van der Waals surface area (Å²) in [5.41, 5.74) is 2.86. The molecule has 1 amide bonds. The van der Waals surface area contributed by atoms with E-state index >= 15 is 0 Å². The maximum Gasteiger partial charge on any atom is 0.232 e. The molecule has 2 aliphatic rings. The van der Waals surface area contributed by atoms with Crippen molar-refractivity contribution in [2.45, 2.75) is 31.6 Å². The number of Topliss-reactive ketones (excluding diaryl/α,β-unsaturated/α-hetero) is 1. The minimum Gasteiger partial charge on any atom is -0.294 e. The van der Waals surface area contributed by atoms with E-state index in [0.29, 0.717) is 30.5 Å². The standard InChI is InChI=1S/C21H17BrFNO2/c22-17-8-2-1-7-15(17)16-12-20(26)24(14-6-3-5-13(23)11-14)18-9-4-10-19(25)21(16)18/h1-3,5-8,11,16H,4,9-10,12H2. The number of ketones is 1. The zero-order valence-electron chi connectivity index (χ0n) is 14.0. The van der Waals surface area contributed by atoms with Gasteiger partial charge in [0.05, 0.1) is 5.69 Å². The van der Waals surface area contributed by atoms with Crippen LogP contribution >= 0.6 is 15.9 Å². The van der Waals surface area contributed by atoms with Gasteiger partial charge in [0.1, 0.15) is 5.82 Å². The van der Waals surface area contributed by atoms with E-state index in [4.69, 9.17) is 0 Å². The van der Waals surface area contributed by atoms with Crippen LogP contribution in [0.3, 0.4) is 0 Å². The zero-order valence-corrected chi connectivity index (χ0v) is 15.6. The summed E-state index contributed by atoms with van der Waals surface area (Å²) >= 11 is 3.55. The Morgan fingerprint density at radius 3 is 2.62 bits per heavy atom. The summed E-state index contributed by atoms with van der Waals surface area (Å²) in [5.74, 6) is -0.677. The van der Waals surface area contributed by atoms with Gasteiger partial charge in [0, 0.05) is 34.5 Å². The Bertz CT molecular complexity index is 937. The molecule has 26 heavy (non-hydrogen) atoms. The smallest absolute Gasteiger partial charge is 0.232 e. The summed E-state index contributed by atoms with van der Waals surface area (Å²) in [7, 11) is 0. The van der Waals surface area contributed by atoms with Crippen LogP contribution in [0.2, 0.25) is 0 Å². The second-order valence-corrected chi connectivity index (χ2v) is 7.48. The van der Waals surface area contributed by atoms with Crippen LogP contribution in [0.1, 0.15) is 37.2 Å². The number of nitrogens with zero attached hydrogens (tertiary/aromatic N) is 1. The molecule has 1 aliphatic heterocycles. The Hall–Kier alpha value is -2.27. The largest absolute Gasteiger partial charge is 0.294 e. The molecule has 1 unspecified atom stereocenters. The van der Waals surface area contributed by atoms with Crippen molar-refractivity contribution in [3.63, 3.8) is 0 Å². The summed E-state index contributed by atoms with van der Waals surface area (Å²) in [6.07, 6.45) is 2.04. The third-order valence-electron chi connectivity index (χ3n) is 5.02. The first-order chi connectivity index (χ1) is 12.6. The molecular formula is C21H17BrFNO2. The van der Waals surface area contributed by atoms with Gasteiger partial charge in [0.2, 0.25) is 5.91 Å². The van der Waals surface area contributed by atoms with Crippen LogP contribution in [0.15, 0.2) is 64.3 Å². The molecule has 1 aliphatic carbocycles. The van der Waals surface area contributed by atoms with Crippen LogP contribution in [-0.4, -0.2) is 11.7 Å². The third kappa shape index (κ3) is 2.90. The topological polar surface area (TPSA) is 37.4 Å². The molecule has 0 radical (unpaired) electrons. The van der Waals surface area contributed by atoms with Gasteiger partial charge < -0.3 is 0 Å². The monoisotopic (exact) mass is 413 g/mol. The predicted octanol–water partition coefficient (Wildman–Crippen LogP) is 5.12. The summed E-state index contributed by atoms with van der Waals surface area (Å²) in [6, 6.07) is 13.7. The normalized spacial score (nSPS) is 20.4. The lowest BCUT2D eigenvalue weighted by Crippen LogP contribution is -2.40. The Labute approximate surface area is 159 Å². The van der Waals surface area contributed by atoms with Crippen molar-refractivity contribution in [1.82, 2.24) is 0 Å². The first kappa shape index (κ1) is 17.2. The predicted molar refractivity (Wildman–Crippen MR) is 101 cm³/mol. The highest BCUT2D eigenvalue weighted by Crippen LogP contribution is 2.44. The highest BCUT2D eigenvalue weighted by molar-refractivity contribution is 9.10. The fourth-order valence-corrected chi connectivity index (χ4v) is 4.49. The number of carbonyl (C=O) groups is 2. The van der Waals surface area contributed by atoms with Gasteiger partial charge in [0.25, 0.3) is 0 Å². The van der Waals surface area contributed by atoms with E-state index in [0.717, 1.165) is 15.7 Å². The average Bonchev–Trinajstić information content (AvgIpc) is 2.61. The summed E-state index contributed by atoms with van der Waals surface area (Å²) in [4.78, 5) is 27.3. The lowest BCUT2D eigenvalue weighted by molar-refractivity contribution is -0.119. The van der Waals surface area contributed by atoms with Crippen molar-refractivity contribution in [1.29, 1.82) is 0 Å². The molecule has 2 aromatic rings. The number of rotatable bonds is 2. The van der Waals surface area contributed by atoms with Crippen LogP contribution in [0.4, 0.5) is 10.1 Å². The van der Waals surface area contributed by atoms with Gasteiger partial charge in [-0.2, -0.15) is 0 Å². The number of anilines is 1. The van der Waals surface area contributed by atoms with Crippen LogP contribution in [0.25, 0.3) is 0 Å². The minimum absolute atomic E-state index is 0.0842. The molecule has 0 aromatic heterocycles. The van der Waals surface area contributed by atoms with Gasteiger partial charge in [-0.05, 0) is 42.7 Å². The number of benzene rings is 2. The number of halogens is 2. The molecule has 0 fully saturated rings. The molecule has 4 rings (SSSR count). The SMILES string of the molecule is O=C1CCCC2=C1C(c1ccccc1Br)CC(=O)N2c1cccc(F)c1. The molecule has 132 valence electrons. The second kappa shape index (κ2) is 6.80. The highest BCUT2D eigenvalue weighted by Gasteiger charge is 2.40. The van der Waals surface area contributed by atoms with E-state index in [-0.39, 0.29) is 24.0 Å². The van der Waals surface area contributed by atoms with E-state index in [9.17, 15) is 14.0 Å². The van der Waals surface area contributed by atoms with Gasteiger partial charge in [-0.15, -0.1) is 0 Å². The van der Waals surface area contributed by atoms with Crippen molar-refractivity contribution in [2.75, 3.05) is 4.90 Å². The maximum absolute atomic E-state index is 13.7. The maximum atomic E-state index is 13.7. The van der Waals surface area contributed by atoms with E-state index in [1.54, 1.807) is 17.0 Å². The van der Waals surface area contributed by atoms with Crippen LogP contribution in [0, 0.1) is 5.82 Å². The molecule has 1 heterocycles. The molecule has 2 aromatic carbocycles. The van der Waals surface area contributed by atoms with Gasteiger partial charge in [-0.3, -0.25) is 14.5 Å². The van der Waals surface area contributed by atoms with Gasteiger partial charge >= 0.3 is 0 Å². The number of hydrogen-bond donors (Lipinski definition) is 0. The van der Waals surface area contributed by atoms with Gasteiger partial charge in [-0.1, -0.05) is 40.2 Å². The third-order valence-corrected chi connectivity index (χ3v) is 5.74. The van der Waals surface area contributed by atoms with Crippen LogP contribution < -0.4 is 4.90 Å². The van der Waals surface area contributed by atoms with E-state index < -0.39 is 5.82 Å². The first-order valence-electron chi connectivity index (χ1n) is 8.65. The van der Waals surface area contributed by atoms with Crippen molar-refractivity contribution in [2.24, 2.45) is 0 Å². The summed E-state index contributed by atoms with van der Waals surface area (Å²) < 4.78 is 14.6. The summed E-state index contributed by atoms with van der Waals surface area (Å²) in [5, 5.41) is 0. The quantitative estimate of drug-likeness (QED) is 0.685. The molecule has 1 atom stereocenters. The Kier molecular flexibility index (Phi) is 4.49. The lowest BCUT2D eigenvalue weighted by Gasteiger charge is -2.38. The number of allylic oxidation sites excluding steroid dienone is 2. The molecular weight excluding hydrogens is 397 g/mol. The van der Waals surface area contributed by atoms with E-state index in [1.165, 1.54) is 12.1 Å². The first-order valence-corrected chi connectivity index (χ1v) is 9.45. The minimum atomic E-state index is -0.396. The molecule has 5 heteroatoms. The summed E-state index contributed by atoms with van der Waals surface area (Å²) in [6.45, 7) is 0. The molecule has 0 N–H and O–H groups in total.